The number of piperidine rings is 1. The van der Waals surface area contributed by atoms with Gasteiger partial charge in [-0.3, -0.25) is 24.6 Å². The summed E-state index contributed by atoms with van der Waals surface area (Å²) in [5.74, 6) is -3.90. The van der Waals surface area contributed by atoms with Crippen molar-refractivity contribution >= 4 is 23.4 Å². The smallest absolute Gasteiger partial charge is 0.255 e. The van der Waals surface area contributed by atoms with Crippen molar-refractivity contribution in [3.05, 3.63) is 64.6 Å². The van der Waals surface area contributed by atoms with E-state index >= 15 is 0 Å². The minimum Gasteiger partial charge on any atom is -0.381 e. The van der Waals surface area contributed by atoms with E-state index < -0.39 is 49.1 Å². The highest BCUT2D eigenvalue weighted by molar-refractivity contribution is 6.06. The van der Waals surface area contributed by atoms with Crippen LogP contribution in [0.15, 0.2) is 42.4 Å². The van der Waals surface area contributed by atoms with Crippen LogP contribution in [0.3, 0.4) is 0 Å². The van der Waals surface area contributed by atoms with Crippen molar-refractivity contribution in [2.45, 2.75) is 38.4 Å². The highest BCUT2D eigenvalue weighted by Gasteiger charge is 2.39. The number of ether oxygens (including phenoxy) is 1. The molecule has 2 aromatic rings. The fraction of sp³-hybridized carbons (Fsp3) is 0.400. The number of hydrogen-bond donors (Lipinski definition) is 2. The summed E-state index contributed by atoms with van der Waals surface area (Å²) in [4.78, 5) is 40.9. The van der Waals surface area contributed by atoms with Gasteiger partial charge in [0.15, 0.2) is 0 Å². The number of carbonyl (C=O) groups excluding carboxylic acids is 3. The summed E-state index contributed by atoms with van der Waals surface area (Å²) in [5.41, 5.74) is 1.39. The number of anilines is 1. The number of carbonyl (C=O) groups is 3. The van der Waals surface area contributed by atoms with Gasteiger partial charge < -0.3 is 15.0 Å². The van der Waals surface area contributed by atoms with Crippen molar-refractivity contribution in [1.29, 1.82) is 0 Å². The molecule has 1 unspecified atom stereocenters. The molecule has 0 spiro atoms. The molecular weight excluding hydrogens is 420 g/mol. The SMILES string of the molecule is [2H]c1c([2H])c([2H])c(CN2CCOCC2)c(CNc2cccc3c2CN(C2([2H])C(=O)NC(=O)C([2H])([2H])C2([2H])[2H])C3=O)c1[2H]. The van der Waals surface area contributed by atoms with Crippen molar-refractivity contribution in [3.8, 4) is 0 Å². The van der Waals surface area contributed by atoms with Gasteiger partial charge in [-0.2, -0.15) is 0 Å². The lowest BCUT2D eigenvalue weighted by Crippen LogP contribution is -2.52. The van der Waals surface area contributed by atoms with Gasteiger partial charge in [0.1, 0.15) is 6.02 Å². The molecule has 0 aromatic heterocycles. The fourth-order valence-corrected chi connectivity index (χ4v) is 4.05. The maximum absolute atomic E-state index is 13.4. The summed E-state index contributed by atoms with van der Waals surface area (Å²) >= 11 is 0. The molecule has 2 saturated heterocycles. The van der Waals surface area contributed by atoms with Crippen LogP contribution in [0.5, 0.6) is 0 Å². The summed E-state index contributed by atoms with van der Waals surface area (Å²) < 4.78 is 80.0. The molecule has 5 rings (SSSR count). The Bertz CT molecular complexity index is 1500. The molecule has 0 radical (unpaired) electrons. The van der Waals surface area contributed by atoms with Crippen LogP contribution in [0.2, 0.25) is 0 Å². The molecule has 8 nitrogen and oxygen atoms in total. The fourth-order valence-electron chi connectivity index (χ4n) is 4.05. The number of rotatable bonds is 6. The minimum atomic E-state index is -3.40. The lowest BCUT2D eigenvalue weighted by atomic mass is 10.0. The van der Waals surface area contributed by atoms with Crippen LogP contribution < -0.4 is 10.6 Å². The number of imide groups is 1. The zero-order valence-electron chi connectivity index (χ0n) is 26.7. The van der Waals surface area contributed by atoms with Crippen LogP contribution in [-0.2, 0) is 34.0 Å². The first-order valence-corrected chi connectivity index (χ1v) is 10.6. The molecule has 3 aliphatic heterocycles. The summed E-state index contributed by atoms with van der Waals surface area (Å²) in [5, 5.41) is 4.80. The second kappa shape index (κ2) is 9.33. The number of nitrogens with one attached hydrogen (secondary N) is 2. The molecule has 2 fully saturated rings. The molecule has 8 heteroatoms. The molecule has 0 aliphatic carbocycles. The van der Waals surface area contributed by atoms with E-state index in [1.54, 1.807) is 11.4 Å². The molecule has 2 aromatic carbocycles. The van der Waals surface area contributed by atoms with Gasteiger partial charge in [-0.25, -0.2) is 0 Å². The second-order valence-electron chi connectivity index (χ2n) is 7.80. The van der Waals surface area contributed by atoms with Gasteiger partial charge in [-0.05, 0) is 29.6 Å². The third-order valence-corrected chi connectivity index (χ3v) is 5.77. The largest absolute Gasteiger partial charge is 0.381 e. The first kappa shape index (κ1) is 13.5. The van der Waals surface area contributed by atoms with Crippen molar-refractivity contribution in [2.75, 3.05) is 31.6 Å². The number of fused-ring (bicyclic) bond motifs is 1. The Morgan fingerprint density at radius 2 is 1.97 bits per heavy atom. The van der Waals surface area contributed by atoms with Crippen LogP contribution in [0, 0.1) is 0 Å². The van der Waals surface area contributed by atoms with Crippen LogP contribution >= 0.6 is 0 Å². The minimum absolute atomic E-state index is 0.0381. The Morgan fingerprint density at radius 3 is 2.79 bits per heavy atom. The first-order chi connectivity index (χ1) is 19.6. The van der Waals surface area contributed by atoms with Crippen LogP contribution in [0.25, 0.3) is 0 Å². The molecule has 3 aliphatic rings. The highest BCUT2D eigenvalue weighted by atomic mass is 16.5. The van der Waals surface area contributed by atoms with E-state index in [1.807, 2.05) is 4.90 Å². The number of amides is 3. The summed E-state index contributed by atoms with van der Waals surface area (Å²) in [6.45, 7) is 1.95. The maximum Gasteiger partial charge on any atom is 0.255 e. The molecule has 2 N–H and O–H groups in total. The van der Waals surface area contributed by atoms with Gasteiger partial charge in [0.25, 0.3) is 5.91 Å². The first-order valence-electron chi connectivity index (χ1n) is 15.1. The van der Waals surface area contributed by atoms with Gasteiger partial charge in [0.2, 0.25) is 11.8 Å². The molecule has 0 bridgehead atoms. The number of hydrogen-bond acceptors (Lipinski definition) is 6. The Labute approximate surface area is 205 Å². The Balaban J connectivity index is 1.47. The predicted octanol–water partition coefficient (Wildman–Crippen LogP) is 1.89. The molecule has 0 saturated carbocycles. The molecule has 3 heterocycles. The predicted molar refractivity (Wildman–Crippen MR) is 122 cm³/mol. The van der Waals surface area contributed by atoms with Crippen molar-refractivity contribution in [2.24, 2.45) is 0 Å². The monoisotopic (exact) mass is 457 g/mol. The van der Waals surface area contributed by atoms with E-state index in [9.17, 15) is 14.4 Å². The van der Waals surface area contributed by atoms with Crippen molar-refractivity contribution < 1.29 is 31.5 Å². The van der Waals surface area contributed by atoms with Gasteiger partial charge in [-0.1, -0.05) is 30.2 Å². The zero-order chi connectivity index (χ0) is 30.8. The molecule has 1 atom stereocenters. The average Bonchev–Trinajstić information content (AvgIpc) is 3.30. The summed E-state index contributed by atoms with van der Waals surface area (Å²) in [6.07, 6.45) is -6.68. The van der Waals surface area contributed by atoms with E-state index in [-0.39, 0.29) is 42.3 Å². The quantitative estimate of drug-likeness (QED) is 0.644. The summed E-state index contributed by atoms with van der Waals surface area (Å²) in [7, 11) is 0. The van der Waals surface area contributed by atoms with E-state index in [1.165, 1.54) is 12.1 Å². The topological polar surface area (TPSA) is 91.0 Å². The average molecular weight is 458 g/mol. The maximum atomic E-state index is 13.4. The summed E-state index contributed by atoms with van der Waals surface area (Å²) in [6, 6.07) is 0.290. The van der Waals surface area contributed by atoms with E-state index in [0.717, 1.165) is 0 Å². The zero-order valence-corrected chi connectivity index (χ0v) is 17.7. The van der Waals surface area contributed by atoms with Crippen molar-refractivity contribution in [1.82, 2.24) is 15.1 Å². The van der Waals surface area contributed by atoms with E-state index in [2.05, 4.69) is 5.32 Å². The molecular formula is C25H28N4O4. The number of benzene rings is 2. The molecule has 33 heavy (non-hydrogen) atoms. The normalized spacial score (nSPS) is 30.4. The van der Waals surface area contributed by atoms with E-state index in [4.69, 9.17) is 17.1 Å². The van der Waals surface area contributed by atoms with Crippen LogP contribution in [0.1, 0.15) is 52.1 Å². The number of nitrogens with zero attached hydrogens (tertiary/aromatic N) is 2. The van der Waals surface area contributed by atoms with Gasteiger partial charge in [0.05, 0.1) is 20.1 Å². The van der Waals surface area contributed by atoms with Crippen LogP contribution in [-0.4, -0.2) is 59.8 Å². The van der Waals surface area contributed by atoms with Crippen molar-refractivity contribution in [3.63, 3.8) is 0 Å². The third-order valence-electron chi connectivity index (χ3n) is 5.77. The lowest BCUT2D eigenvalue weighted by Gasteiger charge is -2.29. The van der Waals surface area contributed by atoms with Gasteiger partial charge in [-0.15, -0.1) is 0 Å². The Hall–Kier alpha value is -3.23. The highest BCUT2D eigenvalue weighted by Crippen LogP contribution is 2.32. The number of morpholine rings is 1. The Kier molecular flexibility index (Phi) is 3.81. The van der Waals surface area contributed by atoms with Gasteiger partial charge >= 0.3 is 0 Å². The van der Waals surface area contributed by atoms with E-state index in [0.29, 0.717) is 48.0 Å². The lowest BCUT2D eigenvalue weighted by molar-refractivity contribution is -0.136. The molecule has 172 valence electrons. The van der Waals surface area contributed by atoms with Gasteiger partial charge in [0, 0.05) is 61.4 Å². The standard InChI is InChI=1S/C25H28N4O4/c30-23-9-8-22(24(31)27-23)29-16-20-19(25(29)32)6-3-7-21(20)26-14-17-4-1-2-5-18(17)15-28-10-12-33-13-11-28/h1-7,22,26H,8-16H2,(H,27,30,31)/i1D,2D,4D,5D,8D2,9D2,22D. The second-order valence-corrected chi connectivity index (χ2v) is 7.80. The Morgan fingerprint density at radius 1 is 1.18 bits per heavy atom. The third kappa shape index (κ3) is 4.49. The van der Waals surface area contributed by atoms with Crippen LogP contribution in [0.4, 0.5) is 5.69 Å². The molecule has 3 amide bonds.